The van der Waals surface area contributed by atoms with Gasteiger partial charge >= 0.3 is 0 Å². The molecule has 2 saturated carbocycles. The summed E-state index contributed by atoms with van der Waals surface area (Å²) < 4.78 is 30.7. The molecule has 6 rings (SSSR count). The number of nitrogens with one attached hydrogen (secondary N) is 2. The average Bonchev–Trinajstić information content (AvgIpc) is 3.27. The van der Waals surface area contributed by atoms with Crippen molar-refractivity contribution in [1.29, 1.82) is 0 Å². The lowest BCUT2D eigenvalue weighted by Crippen LogP contribution is -2.46. The van der Waals surface area contributed by atoms with Gasteiger partial charge < -0.3 is 15.2 Å². The summed E-state index contributed by atoms with van der Waals surface area (Å²) >= 11 is 0. The number of nitrogens with zero attached hydrogens (tertiary/aromatic N) is 6. The van der Waals surface area contributed by atoms with Crippen molar-refractivity contribution >= 4 is 22.6 Å². The summed E-state index contributed by atoms with van der Waals surface area (Å²) in [5.41, 5.74) is 4.04. The SMILES string of the molecule is CNC1CC(Nc2ncc3c(-c4cnc5nc(C)n(C6CC(F)(F)C6)c5c4)ccn3n2)C1. The summed E-state index contributed by atoms with van der Waals surface area (Å²) in [6.07, 6.45) is 7.27. The molecule has 2 N–H and O–H groups in total. The van der Waals surface area contributed by atoms with E-state index in [2.05, 4.69) is 30.7 Å². The summed E-state index contributed by atoms with van der Waals surface area (Å²) in [4.78, 5) is 13.5. The van der Waals surface area contributed by atoms with E-state index in [1.165, 1.54) is 0 Å². The molecule has 4 aromatic heterocycles. The predicted molar refractivity (Wildman–Crippen MR) is 117 cm³/mol. The van der Waals surface area contributed by atoms with Gasteiger partial charge in [0.15, 0.2) is 5.65 Å². The Morgan fingerprint density at radius 2 is 1.91 bits per heavy atom. The van der Waals surface area contributed by atoms with Gasteiger partial charge in [0, 0.05) is 54.5 Å². The van der Waals surface area contributed by atoms with E-state index < -0.39 is 5.92 Å². The second-order valence-corrected chi connectivity index (χ2v) is 8.95. The van der Waals surface area contributed by atoms with Crippen LogP contribution in [0.3, 0.4) is 0 Å². The zero-order valence-corrected chi connectivity index (χ0v) is 17.9. The van der Waals surface area contributed by atoms with Gasteiger partial charge in [-0.3, -0.25) is 0 Å². The number of alkyl halides is 2. The third-order valence-electron chi connectivity index (χ3n) is 6.76. The van der Waals surface area contributed by atoms with Gasteiger partial charge in [-0.15, -0.1) is 5.10 Å². The van der Waals surface area contributed by atoms with Crippen LogP contribution in [0.2, 0.25) is 0 Å². The predicted octanol–water partition coefficient (Wildman–Crippen LogP) is 3.58. The van der Waals surface area contributed by atoms with Crippen LogP contribution in [-0.2, 0) is 0 Å². The first kappa shape index (κ1) is 19.5. The molecule has 32 heavy (non-hydrogen) atoms. The van der Waals surface area contributed by atoms with E-state index in [1.54, 1.807) is 16.9 Å². The highest BCUT2D eigenvalue weighted by Crippen LogP contribution is 2.47. The van der Waals surface area contributed by atoms with E-state index in [0.29, 0.717) is 29.5 Å². The van der Waals surface area contributed by atoms with Crippen molar-refractivity contribution in [2.45, 2.75) is 56.7 Å². The van der Waals surface area contributed by atoms with Crippen LogP contribution in [-0.4, -0.2) is 54.2 Å². The minimum absolute atomic E-state index is 0.154. The van der Waals surface area contributed by atoms with E-state index >= 15 is 0 Å². The lowest BCUT2D eigenvalue weighted by Gasteiger charge is -2.36. The molecule has 0 amide bonds. The molecular formula is C22H24F2N8. The molecular weight excluding hydrogens is 414 g/mol. The van der Waals surface area contributed by atoms with Crippen LogP contribution in [0.4, 0.5) is 14.7 Å². The first-order chi connectivity index (χ1) is 15.4. The van der Waals surface area contributed by atoms with Crippen molar-refractivity contribution in [1.82, 2.24) is 34.4 Å². The Labute approximate surface area is 183 Å². The van der Waals surface area contributed by atoms with Crippen molar-refractivity contribution in [3.8, 4) is 11.1 Å². The Morgan fingerprint density at radius 1 is 1.09 bits per heavy atom. The molecule has 4 heterocycles. The maximum atomic E-state index is 13.5. The van der Waals surface area contributed by atoms with Gasteiger partial charge in [0.1, 0.15) is 5.82 Å². The Morgan fingerprint density at radius 3 is 2.66 bits per heavy atom. The molecule has 0 spiro atoms. The average molecular weight is 438 g/mol. The second-order valence-electron chi connectivity index (χ2n) is 8.95. The number of halogens is 2. The molecule has 2 aliphatic rings. The normalized spacial score (nSPS) is 22.8. The van der Waals surface area contributed by atoms with Crippen LogP contribution in [0.15, 0.2) is 30.7 Å². The summed E-state index contributed by atoms with van der Waals surface area (Å²) in [6.45, 7) is 1.84. The quantitative estimate of drug-likeness (QED) is 0.496. The molecule has 0 saturated heterocycles. The molecule has 10 heteroatoms. The van der Waals surface area contributed by atoms with Gasteiger partial charge in [0.25, 0.3) is 5.92 Å². The number of rotatable bonds is 5. The number of pyridine rings is 1. The van der Waals surface area contributed by atoms with Crippen molar-refractivity contribution in [3.05, 3.63) is 36.5 Å². The summed E-state index contributed by atoms with van der Waals surface area (Å²) in [5.74, 6) is -1.27. The number of anilines is 1. The van der Waals surface area contributed by atoms with Crippen LogP contribution in [0.1, 0.15) is 37.5 Å². The monoisotopic (exact) mass is 438 g/mol. The van der Waals surface area contributed by atoms with Crippen molar-refractivity contribution < 1.29 is 8.78 Å². The van der Waals surface area contributed by atoms with E-state index in [-0.39, 0.29) is 18.9 Å². The van der Waals surface area contributed by atoms with Crippen LogP contribution in [0, 0.1) is 6.92 Å². The fourth-order valence-electron chi connectivity index (χ4n) is 4.88. The zero-order valence-electron chi connectivity index (χ0n) is 17.9. The first-order valence-corrected chi connectivity index (χ1v) is 10.9. The Bertz CT molecular complexity index is 1310. The fraction of sp³-hybridized carbons (Fsp3) is 0.455. The number of hydrogen-bond donors (Lipinski definition) is 2. The highest BCUT2D eigenvalue weighted by atomic mass is 19.3. The van der Waals surface area contributed by atoms with E-state index in [1.807, 2.05) is 36.9 Å². The van der Waals surface area contributed by atoms with Gasteiger partial charge in [-0.1, -0.05) is 0 Å². The van der Waals surface area contributed by atoms with Gasteiger partial charge in [0.2, 0.25) is 5.95 Å². The maximum absolute atomic E-state index is 13.5. The van der Waals surface area contributed by atoms with E-state index in [0.717, 1.165) is 35.0 Å². The molecule has 0 aliphatic heterocycles. The number of fused-ring (bicyclic) bond motifs is 2. The molecule has 8 nitrogen and oxygen atoms in total. The van der Waals surface area contributed by atoms with Gasteiger partial charge in [-0.25, -0.2) is 28.2 Å². The first-order valence-electron chi connectivity index (χ1n) is 10.9. The van der Waals surface area contributed by atoms with Crippen LogP contribution < -0.4 is 10.6 Å². The van der Waals surface area contributed by atoms with Gasteiger partial charge in [0.05, 0.1) is 17.2 Å². The minimum Gasteiger partial charge on any atom is -0.350 e. The van der Waals surface area contributed by atoms with E-state index in [9.17, 15) is 8.78 Å². The lowest BCUT2D eigenvalue weighted by molar-refractivity contribution is -0.103. The largest absolute Gasteiger partial charge is 0.350 e. The van der Waals surface area contributed by atoms with Crippen LogP contribution in [0.25, 0.3) is 27.8 Å². The minimum atomic E-state index is -2.59. The number of imidazole rings is 1. The Kier molecular flexibility index (Phi) is 4.23. The number of hydrogen-bond acceptors (Lipinski definition) is 6. The molecule has 0 radical (unpaired) electrons. The molecule has 2 fully saturated rings. The summed E-state index contributed by atoms with van der Waals surface area (Å²) in [7, 11) is 1.98. The fourth-order valence-corrected chi connectivity index (χ4v) is 4.88. The number of aromatic nitrogens is 6. The summed E-state index contributed by atoms with van der Waals surface area (Å²) in [6, 6.07) is 4.65. The zero-order chi connectivity index (χ0) is 22.0. The maximum Gasteiger partial charge on any atom is 0.252 e. The highest BCUT2D eigenvalue weighted by molar-refractivity contribution is 5.85. The lowest BCUT2D eigenvalue weighted by atomic mass is 9.87. The third-order valence-corrected chi connectivity index (χ3v) is 6.76. The van der Waals surface area contributed by atoms with Crippen molar-refractivity contribution in [2.24, 2.45) is 0 Å². The Balaban J connectivity index is 1.32. The van der Waals surface area contributed by atoms with Crippen molar-refractivity contribution in [2.75, 3.05) is 12.4 Å². The molecule has 4 aromatic rings. The Hall–Kier alpha value is -3.14. The second kappa shape index (κ2) is 6.93. The van der Waals surface area contributed by atoms with Gasteiger partial charge in [-0.05, 0) is 38.9 Å². The molecule has 0 unspecified atom stereocenters. The van der Waals surface area contributed by atoms with Crippen molar-refractivity contribution in [3.63, 3.8) is 0 Å². The highest BCUT2D eigenvalue weighted by Gasteiger charge is 2.47. The standard InChI is InChI=1S/C22H24F2N8/c1-12-28-20-18(32(12)16-8-22(23,24)9-16)5-13(10-26-20)17-3-4-31-19(17)11-27-21(30-31)29-15-6-14(7-15)25-2/h3-5,10-11,14-16,25H,6-9H2,1-2H3,(H,29,30). The van der Waals surface area contributed by atoms with E-state index in [4.69, 9.17) is 0 Å². The van der Waals surface area contributed by atoms with Crippen LogP contribution in [0.5, 0.6) is 0 Å². The smallest absolute Gasteiger partial charge is 0.252 e. The number of aryl methyl sites for hydroxylation is 1. The molecule has 0 bridgehead atoms. The third kappa shape index (κ3) is 3.12. The molecule has 166 valence electrons. The topological polar surface area (TPSA) is 85.0 Å². The van der Waals surface area contributed by atoms with Crippen LogP contribution >= 0.6 is 0 Å². The summed E-state index contributed by atoms with van der Waals surface area (Å²) in [5, 5.41) is 11.2. The van der Waals surface area contributed by atoms with Gasteiger partial charge in [-0.2, -0.15) is 0 Å². The molecule has 0 aromatic carbocycles. The molecule has 0 atom stereocenters. The molecule has 2 aliphatic carbocycles.